The number of hydrogen-bond donors (Lipinski definition) is 2. The standard InChI is InChI=1S/C24H32Cl2N2O2/c1-27-24(17-30-16-18-5-3-2-4-6-18)21(19-7-8-22(25)23(26)15-19)11-14-28-12-9-20(29)10-13-28/h2-8,15,20-21,24,27,29H,9-14,16-17H2,1H3. The fourth-order valence-corrected chi connectivity index (χ4v) is 4.39. The molecule has 2 N–H and O–H groups in total. The van der Waals surface area contributed by atoms with Crippen LogP contribution in [0.15, 0.2) is 48.5 Å². The van der Waals surface area contributed by atoms with Crippen molar-refractivity contribution >= 4 is 23.2 Å². The highest BCUT2D eigenvalue weighted by Gasteiger charge is 2.25. The van der Waals surface area contributed by atoms with Gasteiger partial charge in [-0.15, -0.1) is 0 Å². The summed E-state index contributed by atoms with van der Waals surface area (Å²) in [5.41, 5.74) is 2.34. The maximum absolute atomic E-state index is 9.78. The SMILES string of the molecule is CNC(COCc1ccccc1)C(CCN1CCC(O)CC1)c1ccc(Cl)c(Cl)c1. The Balaban J connectivity index is 1.66. The Morgan fingerprint density at radius 1 is 1.10 bits per heavy atom. The first-order chi connectivity index (χ1) is 14.6. The van der Waals surface area contributed by atoms with Gasteiger partial charge in [-0.3, -0.25) is 0 Å². The summed E-state index contributed by atoms with van der Waals surface area (Å²) in [7, 11) is 1.98. The molecule has 0 aliphatic carbocycles. The van der Waals surface area contributed by atoms with Gasteiger partial charge in [-0.1, -0.05) is 59.6 Å². The van der Waals surface area contributed by atoms with Gasteiger partial charge >= 0.3 is 0 Å². The van der Waals surface area contributed by atoms with Gasteiger partial charge in [-0.05, 0) is 56.1 Å². The van der Waals surface area contributed by atoms with Crippen molar-refractivity contribution < 1.29 is 9.84 Å². The van der Waals surface area contributed by atoms with E-state index in [-0.39, 0.29) is 18.1 Å². The van der Waals surface area contributed by atoms with Crippen LogP contribution in [-0.2, 0) is 11.3 Å². The molecule has 0 spiro atoms. The number of likely N-dealkylation sites (N-methyl/N-ethyl adjacent to an activating group) is 1. The van der Waals surface area contributed by atoms with Gasteiger partial charge in [0.25, 0.3) is 0 Å². The normalized spacial score (nSPS) is 17.7. The number of aliphatic hydroxyl groups excluding tert-OH is 1. The predicted molar refractivity (Wildman–Crippen MR) is 124 cm³/mol. The van der Waals surface area contributed by atoms with Gasteiger partial charge in [-0.25, -0.2) is 0 Å². The number of hydrogen-bond acceptors (Lipinski definition) is 4. The summed E-state index contributed by atoms with van der Waals surface area (Å²) in [4.78, 5) is 2.44. The van der Waals surface area contributed by atoms with E-state index in [2.05, 4.69) is 28.4 Å². The van der Waals surface area contributed by atoms with Gasteiger partial charge in [0, 0.05) is 25.0 Å². The fraction of sp³-hybridized carbons (Fsp3) is 0.500. The molecule has 4 nitrogen and oxygen atoms in total. The van der Waals surface area contributed by atoms with Gasteiger partial charge < -0.3 is 20.1 Å². The monoisotopic (exact) mass is 450 g/mol. The molecule has 2 atom stereocenters. The number of rotatable bonds is 10. The summed E-state index contributed by atoms with van der Waals surface area (Å²) in [6.07, 6.45) is 2.54. The highest BCUT2D eigenvalue weighted by molar-refractivity contribution is 6.42. The van der Waals surface area contributed by atoms with Crippen molar-refractivity contribution in [3.05, 3.63) is 69.7 Å². The van der Waals surface area contributed by atoms with Crippen molar-refractivity contribution in [3.63, 3.8) is 0 Å². The highest BCUT2D eigenvalue weighted by Crippen LogP contribution is 2.31. The first-order valence-electron chi connectivity index (χ1n) is 10.7. The number of aliphatic hydroxyl groups is 1. The first-order valence-corrected chi connectivity index (χ1v) is 11.5. The molecule has 2 unspecified atom stereocenters. The summed E-state index contributed by atoms with van der Waals surface area (Å²) in [6.45, 7) is 4.08. The molecule has 1 aliphatic heterocycles. The Labute approximate surface area is 190 Å². The molecule has 0 radical (unpaired) electrons. The van der Waals surface area contributed by atoms with E-state index in [1.807, 2.05) is 37.4 Å². The quantitative estimate of drug-likeness (QED) is 0.548. The number of benzene rings is 2. The number of nitrogens with one attached hydrogen (secondary N) is 1. The highest BCUT2D eigenvalue weighted by atomic mass is 35.5. The zero-order valence-electron chi connectivity index (χ0n) is 17.6. The molecule has 2 aromatic carbocycles. The maximum atomic E-state index is 9.78. The minimum atomic E-state index is -0.149. The predicted octanol–water partition coefficient (Wildman–Crippen LogP) is 4.73. The van der Waals surface area contributed by atoms with Gasteiger partial charge in [0.15, 0.2) is 0 Å². The van der Waals surface area contributed by atoms with E-state index in [0.29, 0.717) is 23.3 Å². The zero-order valence-corrected chi connectivity index (χ0v) is 19.1. The van der Waals surface area contributed by atoms with Crippen LogP contribution in [0.5, 0.6) is 0 Å². The van der Waals surface area contributed by atoms with Crippen LogP contribution < -0.4 is 5.32 Å². The van der Waals surface area contributed by atoms with Gasteiger partial charge in [-0.2, -0.15) is 0 Å². The van der Waals surface area contributed by atoms with Crippen LogP contribution in [0.25, 0.3) is 0 Å². The first kappa shape index (κ1) is 23.5. The molecule has 1 fully saturated rings. The number of piperidine rings is 1. The number of likely N-dealkylation sites (tertiary alicyclic amines) is 1. The number of halogens is 2. The van der Waals surface area contributed by atoms with E-state index in [4.69, 9.17) is 27.9 Å². The van der Waals surface area contributed by atoms with Gasteiger partial charge in [0.1, 0.15) is 0 Å². The maximum Gasteiger partial charge on any atom is 0.0717 e. The van der Waals surface area contributed by atoms with E-state index >= 15 is 0 Å². The second kappa shape index (κ2) is 12.0. The second-order valence-corrected chi connectivity index (χ2v) is 8.85. The number of ether oxygens (including phenoxy) is 1. The molecule has 3 rings (SSSR count). The topological polar surface area (TPSA) is 44.7 Å². The molecular weight excluding hydrogens is 419 g/mol. The summed E-state index contributed by atoms with van der Waals surface area (Å²) < 4.78 is 6.07. The average molecular weight is 451 g/mol. The van der Waals surface area contributed by atoms with E-state index < -0.39 is 0 Å². The van der Waals surface area contributed by atoms with Crippen molar-refractivity contribution in [1.82, 2.24) is 10.2 Å². The second-order valence-electron chi connectivity index (χ2n) is 8.04. The van der Waals surface area contributed by atoms with Crippen molar-refractivity contribution in [3.8, 4) is 0 Å². The Hall–Kier alpha value is -1.14. The molecule has 1 saturated heterocycles. The van der Waals surface area contributed by atoms with Crippen LogP contribution in [0.4, 0.5) is 0 Å². The molecule has 164 valence electrons. The van der Waals surface area contributed by atoms with Crippen LogP contribution in [0.2, 0.25) is 10.0 Å². The molecule has 0 saturated carbocycles. The van der Waals surface area contributed by atoms with Crippen LogP contribution >= 0.6 is 23.2 Å². The lowest BCUT2D eigenvalue weighted by atomic mass is 9.88. The third kappa shape index (κ3) is 6.94. The van der Waals surface area contributed by atoms with Crippen LogP contribution in [0.3, 0.4) is 0 Å². The van der Waals surface area contributed by atoms with Crippen molar-refractivity contribution in [2.45, 2.75) is 43.9 Å². The zero-order chi connectivity index (χ0) is 21.3. The molecule has 0 amide bonds. The Morgan fingerprint density at radius 2 is 1.83 bits per heavy atom. The summed E-state index contributed by atoms with van der Waals surface area (Å²) in [5, 5.41) is 14.4. The van der Waals surface area contributed by atoms with Crippen molar-refractivity contribution in [1.29, 1.82) is 0 Å². The summed E-state index contributed by atoms with van der Waals surface area (Å²) in [5.74, 6) is 0.243. The third-order valence-corrected chi connectivity index (χ3v) is 6.69. The minimum absolute atomic E-state index is 0.149. The molecule has 6 heteroatoms. The Kier molecular flexibility index (Phi) is 9.44. The van der Waals surface area contributed by atoms with E-state index in [9.17, 15) is 5.11 Å². The number of nitrogens with zero attached hydrogens (tertiary/aromatic N) is 1. The average Bonchev–Trinajstić information content (AvgIpc) is 2.77. The van der Waals surface area contributed by atoms with Crippen LogP contribution in [0, 0.1) is 0 Å². The van der Waals surface area contributed by atoms with Crippen molar-refractivity contribution in [2.24, 2.45) is 0 Å². The fourth-order valence-electron chi connectivity index (χ4n) is 4.09. The molecular formula is C24H32Cl2N2O2. The lowest BCUT2D eigenvalue weighted by molar-refractivity contribution is 0.0744. The molecule has 1 heterocycles. The summed E-state index contributed by atoms with van der Waals surface area (Å²) >= 11 is 12.5. The van der Waals surface area contributed by atoms with Gasteiger partial charge in [0.2, 0.25) is 0 Å². The van der Waals surface area contributed by atoms with E-state index in [1.165, 1.54) is 11.1 Å². The third-order valence-electron chi connectivity index (χ3n) is 5.95. The Bertz CT molecular complexity index is 767. The van der Waals surface area contributed by atoms with Gasteiger partial charge in [0.05, 0.1) is 29.4 Å². The largest absolute Gasteiger partial charge is 0.393 e. The smallest absolute Gasteiger partial charge is 0.0717 e. The lowest BCUT2D eigenvalue weighted by Gasteiger charge is -2.33. The molecule has 30 heavy (non-hydrogen) atoms. The minimum Gasteiger partial charge on any atom is -0.393 e. The molecule has 0 aromatic heterocycles. The van der Waals surface area contributed by atoms with Crippen LogP contribution in [0.1, 0.15) is 36.3 Å². The molecule has 0 bridgehead atoms. The van der Waals surface area contributed by atoms with E-state index in [1.54, 1.807) is 0 Å². The van der Waals surface area contributed by atoms with E-state index in [0.717, 1.165) is 38.9 Å². The molecule has 1 aliphatic rings. The summed E-state index contributed by atoms with van der Waals surface area (Å²) in [6, 6.07) is 16.3. The van der Waals surface area contributed by atoms with Crippen molar-refractivity contribution in [2.75, 3.05) is 33.3 Å². The lowest BCUT2D eigenvalue weighted by Crippen LogP contribution is -2.40. The van der Waals surface area contributed by atoms with Crippen LogP contribution in [-0.4, -0.2) is 55.4 Å². The Morgan fingerprint density at radius 3 is 2.50 bits per heavy atom. The molecule has 2 aromatic rings.